The van der Waals surface area contributed by atoms with E-state index >= 15 is 0 Å². The number of ether oxygens (including phenoxy) is 2. The fraction of sp³-hybridized carbons (Fsp3) is 0.296. The molecule has 0 spiro atoms. The van der Waals surface area contributed by atoms with Gasteiger partial charge in [0.05, 0.1) is 29.1 Å². The van der Waals surface area contributed by atoms with Gasteiger partial charge in [-0.1, -0.05) is 35.9 Å². The third-order valence-electron chi connectivity index (χ3n) is 5.57. The first-order valence-electron chi connectivity index (χ1n) is 11.7. The molecule has 2 atom stereocenters. The van der Waals surface area contributed by atoms with E-state index in [0.717, 1.165) is 5.56 Å². The number of aliphatic hydroxyl groups excluding tert-OH is 2. The molecule has 0 amide bonds. The molecule has 0 radical (unpaired) electrons. The van der Waals surface area contributed by atoms with Gasteiger partial charge in [-0.25, -0.2) is 13.2 Å². The fourth-order valence-corrected chi connectivity index (χ4v) is 5.06. The van der Waals surface area contributed by atoms with E-state index in [1.807, 2.05) is 0 Å². The van der Waals surface area contributed by atoms with Gasteiger partial charge in [0.2, 0.25) is 9.84 Å². The number of hydrogen-bond acceptors (Lipinski definition) is 8. The van der Waals surface area contributed by atoms with Crippen molar-refractivity contribution in [1.29, 1.82) is 0 Å². The van der Waals surface area contributed by atoms with Crippen molar-refractivity contribution in [3.05, 3.63) is 88.9 Å². The molecule has 3 rings (SSSR count). The number of nitrogens with one attached hydrogen (secondary N) is 1. The Labute approximate surface area is 233 Å². The van der Waals surface area contributed by atoms with Gasteiger partial charge in [-0.2, -0.15) is 0 Å². The predicted molar refractivity (Wildman–Crippen MR) is 147 cm³/mol. The average Bonchev–Trinajstić information content (AvgIpc) is 2.90. The first kappa shape index (κ1) is 31.6. The van der Waals surface area contributed by atoms with E-state index in [1.165, 1.54) is 36.4 Å². The molecule has 11 heteroatoms. The van der Waals surface area contributed by atoms with Gasteiger partial charge in [-0.05, 0) is 73.0 Å². The van der Waals surface area contributed by atoms with Gasteiger partial charge >= 0.3 is 5.97 Å². The third-order valence-corrected chi connectivity index (χ3v) is 7.59. The van der Waals surface area contributed by atoms with E-state index < -0.39 is 21.9 Å². The molecule has 0 aliphatic rings. The number of hydrogen-bond donors (Lipinski definition) is 3. The van der Waals surface area contributed by atoms with Crippen LogP contribution in [0.25, 0.3) is 0 Å². The summed E-state index contributed by atoms with van der Waals surface area (Å²) in [5.74, 6) is -0.152. The van der Waals surface area contributed by atoms with Crippen LogP contribution >= 0.6 is 24.0 Å². The zero-order valence-corrected chi connectivity index (χ0v) is 23.1. The smallest absolute Gasteiger partial charge is 0.344 e. The SMILES string of the molecule is CCOC(=O)COc1ccc(S(=O)(=O)c2ccc(C[C@@H](CO)NC[C@H](O)c3cccc(Cl)c3)cc2)cc1.Cl. The molecule has 3 N–H and O–H groups in total. The molecular formula is C27H31Cl2NO7S. The summed E-state index contributed by atoms with van der Waals surface area (Å²) in [4.78, 5) is 11.6. The second-order valence-corrected chi connectivity index (χ2v) is 10.7. The van der Waals surface area contributed by atoms with Crippen LogP contribution in [0.4, 0.5) is 0 Å². The van der Waals surface area contributed by atoms with Crippen LogP contribution < -0.4 is 10.1 Å². The van der Waals surface area contributed by atoms with Crippen molar-refractivity contribution in [3.8, 4) is 5.75 Å². The molecule has 38 heavy (non-hydrogen) atoms. The molecule has 0 aliphatic heterocycles. The van der Waals surface area contributed by atoms with Gasteiger partial charge in [0.1, 0.15) is 5.75 Å². The lowest BCUT2D eigenvalue weighted by atomic mass is 10.1. The number of aliphatic hydroxyl groups is 2. The molecule has 0 bridgehead atoms. The highest BCUT2D eigenvalue weighted by atomic mass is 35.5. The van der Waals surface area contributed by atoms with E-state index in [4.69, 9.17) is 21.1 Å². The van der Waals surface area contributed by atoms with Gasteiger partial charge in [0.25, 0.3) is 0 Å². The van der Waals surface area contributed by atoms with Gasteiger partial charge in [-0.15, -0.1) is 12.4 Å². The van der Waals surface area contributed by atoms with Crippen molar-refractivity contribution >= 4 is 39.8 Å². The Balaban J connectivity index is 0.00000507. The highest BCUT2D eigenvalue weighted by molar-refractivity contribution is 7.91. The molecule has 0 aliphatic carbocycles. The Morgan fingerprint density at radius 1 is 1.03 bits per heavy atom. The number of rotatable bonds is 13. The summed E-state index contributed by atoms with van der Waals surface area (Å²) in [5.41, 5.74) is 1.50. The van der Waals surface area contributed by atoms with Gasteiger partial charge < -0.3 is 25.0 Å². The van der Waals surface area contributed by atoms with Crippen molar-refractivity contribution in [2.45, 2.75) is 35.3 Å². The van der Waals surface area contributed by atoms with Crippen LogP contribution in [0.1, 0.15) is 24.2 Å². The van der Waals surface area contributed by atoms with Crippen LogP contribution in [0, 0.1) is 0 Å². The summed E-state index contributed by atoms with van der Waals surface area (Å²) in [5, 5.41) is 23.8. The molecule has 0 fully saturated rings. The quantitative estimate of drug-likeness (QED) is 0.260. The third kappa shape index (κ3) is 8.97. The predicted octanol–water partition coefficient (Wildman–Crippen LogP) is 3.76. The van der Waals surface area contributed by atoms with E-state index in [9.17, 15) is 23.4 Å². The summed E-state index contributed by atoms with van der Waals surface area (Å²) in [6.45, 7) is 1.75. The van der Waals surface area contributed by atoms with Gasteiger partial charge in [0, 0.05) is 17.6 Å². The van der Waals surface area contributed by atoms with Crippen LogP contribution in [0.2, 0.25) is 5.02 Å². The van der Waals surface area contributed by atoms with Crippen molar-refractivity contribution < 1.29 is 32.9 Å². The second kappa shape index (κ2) is 15.1. The van der Waals surface area contributed by atoms with Crippen LogP contribution in [-0.4, -0.2) is 57.0 Å². The molecule has 3 aromatic rings. The Morgan fingerprint density at radius 3 is 2.24 bits per heavy atom. The Morgan fingerprint density at radius 2 is 1.66 bits per heavy atom. The molecule has 0 unspecified atom stereocenters. The molecule has 0 aromatic heterocycles. The highest BCUT2D eigenvalue weighted by Gasteiger charge is 2.19. The number of carbonyl (C=O) groups excluding carboxylic acids is 1. The monoisotopic (exact) mass is 583 g/mol. The minimum atomic E-state index is -3.76. The van der Waals surface area contributed by atoms with Crippen molar-refractivity contribution in [3.63, 3.8) is 0 Å². The molecule has 0 heterocycles. The van der Waals surface area contributed by atoms with Crippen LogP contribution in [0.15, 0.2) is 82.6 Å². The van der Waals surface area contributed by atoms with E-state index in [0.29, 0.717) is 22.8 Å². The maximum atomic E-state index is 13.0. The standard InChI is InChI=1S/C27H30ClNO7S.ClH/c1-2-35-27(32)18-36-23-8-12-25(13-9-23)37(33,34)24-10-6-19(7-11-24)14-22(17-30)29-16-26(31)20-4-3-5-21(28)15-20;/h3-13,15,22,26,29-31H,2,14,16-18H2,1H3;1H/t22-,26-;/m0./s1. The lowest BCUT2D eigenvalue weighted by molar-refractivity contribution is -0.145. The molecule has 0 saturated heterocycles. The zero-order chi connectivity index (χ0) is 26.8. The van der Waals surface area contributed by atoms with E-state index in [1.54, 1.807) is 43.3 Å². The maximum absolute atomic E-state index is 13.0. The summed E-state index contributed by atoms with van der Waals surface area (Å²) < 4.78 is 36.1. The highest BCUT2D eigenvalue weighted by Crippen LogP contribution is 2.24. The van der Waals surface area contributed by atoms with E-state index in [2.05, 4.69) is 5.32 Å². The first-order valence-corrected chi connectivity index (χ1v) is 13.6. The molecule has 206 valence electrons. The Bertz CT molecular complexity index is 1270. The van der Waals surface area contributed by atoms with Gasteiger partial charge in [0.15, 0.2) is 6.61 Å². The Hall–Kier alpha value is -2.66. The van der Waals surface area contributed by atoms with Crippen molar-refractivity contribution in [2.24, 2.45) is 0 Å². The summed E-state index contributed by atoms with van der Waals surface area (Å²) in [7, 11) is -3.76. The lowest BCUT2D eigenvalue weighted by Crippen LogP contribution is -2.37. The fourth-order valence-electron chi connectivity index (χ4n) is 3.60. The van der Waals surface area contributed by atoms with Crippen molar-refractivity contribution in [1.82, 2.24) is 5.32 Å². The largest absolute Gasteiger partial charge is 0.482 e. The molecule has 0 saturated carbocycles. The molecular weight excluding hydrogens is 553 g/mol. The Kier molecular flexibility index (Phi) is 12.5. The second-order valence-electron chi connectivity index (χ2n) is 8.28. The summed E-state index contributed by atoms with van der Waals surface area (Å²) in [6, 6.07) is 18.8. The van der Waals surface area contributed by atoms with Gasteiger partial charge in [-0.3, -0.25) is 0 Å². The topological polar surface area (TPSA) is 122 Å². The minimum Gasteiger partial charge on any atom is -0.482 e. The number of sulfone groups is 1. The minimum absolute atomic E-state index is 0. The average molecular weight is 585 g/mol. The van der Waals surface area contributed by atoms with E-state index in [-0.39, 0.29) is 54.6 Å². The maximum Gasteiger partial charge on any atom is 0.344 e. The summed E-state index contributed by atoms with van der Waals surface area (Å²) in [6.07, 6.45) is -0.354. The zero-order valence-electron chi connectivity index (χ0n) is 20.7. The van der Waals surface area contributed by atoms with Crippen LogP contribution in [-0.2, 0) is 25.8 Å². The van der Waals surface area contributed by atoms with Crippen molar-refractivity contribution in [2.75, 3.05) is 26.4 Å². The number of benzene rings is 3. The number of halogens is 2. The summed E-state index contributed by atoms with van der Waals surface area (Å²) >= 11 is 5.97. The first-order chi connectivity index (χ1) is 17.7. The lowest BCUT2D eigenvalue weighted by Gasteiger charge is -2.19. The molecule has 8 nitrogen and oxygen atoms in total. The molecule has 3 aromatic carbocycles. The number of carbonyl (C=O) groups is 1. The van der Waals surface area contributed by atoms with Crippen LogP contribution in [0.5, 0.6) is 5.75 Å². The number of esters is 1. The van der Waals surface area contributed by atoms with Crippen LogP contribution in [0.3, 0.4) is 0 Å². The normalized spacial score (nSPS) is 12.7.